The lowest BCUT2D eigenvalue weighted by Crippen LogP contribution is -2.26. The zero-order valence-electron chi connectivity index (χ0n) is 13.0. The summed E-state index contributed by atoms with van der Waals surface area (Å²) >= 11 is 0. The molecule has 0 heterocycles. The van der Waals surface area contributed by atoms with E-state index in [1.165, 1.54) is 5.56 Å². The molecule has 3 N–H and O–H groups in total. The monoisotopic (exact) mass is 278 g/mol. The number of rotatable bonds is 8. The van der Waals surface area contributed by atoms with Gasteiger partial charge in [0, 0.05) is 6.54 Å². The summed E-state index contributed by atoms with van der Waals surface area (Å²) in [4.78, 5) is 11.0. The van der Waals surface area contributed by atoms with E-state index in [-0.39, 0.29) is 11.8 Å². The number of nitrogens with one attached hydrogen (secondary N) is 1. The molecule has 0 spiro atoms. The van der Waals surface area contributed by atoms with Gasteiger partial charge in [-0.1, -0.05) is 26.0 Å². The van der Waals surface area contributed by atoms with Crippen LogP contribution in [0.3, 0.4) is 0 Å². The Morgan fingerprint density at radius 1 is 1.35 bits per heavy atom. The summed E-state index contributed by atoms with van der Waals surface area (Å²) in [5.41, 5.74) is 8.68. The van der Waals surface area contributed by atoms with E-state index in [0.29, 0.717) is 6.61 Å². The Balaban J connectivity index is 2.71. The number of amides is 1. The minimum atomic E-state index is -0.333. The maximum absolute atomic E-state index is 11.0. The van der Waals surface area contributed by atoms with Crippen LogP contribution in [0.4, 0.5) is 0 Å². The first kappa shape index (κ1) is 16.5. The highest BCUT2D eigenvalue weighted by Crippen LogP contribution is 2.25. The molecule has 20 heavy (non-hydrogen) atoms. The van der Waals surface area contributed by atoms with Crippen molar-refractivity contribution in [3.05, 3.63) is 28.8 Å². The molecule has 1 rings (SSSR count). The predicted molar refractivity (Wildman–Crippen MR) is 81.8 cm³/mol. The summed E-state index contributed by atoms with van der Waals surface area (Å²) in [6.45, 7) is 10.2. The zero-order valence-corrected chi connectivity index (χ0v) is 13.0. The van der Waals surface area contributed by atoms with Crippen LogP contribution in [0.1, 0.15) is 37.0 Å². The highest BCUT2D eigenvalue weighted by Gasteiger charge is 2.12. The molecule has 0 aliphatic heterocycles. The van der Waals surface area contributed by atoms with Gasteiger partial charge in [0.05, 0.1) is 12.5 Å². The van der Waals surface area contributed by atoms with Gasteiger partial charge in [0.15, 0.2) is 0 Å². The third-order valence-corrected chi connectivity index (χ3v) is 3.24. The van der Waals surface area contributed by atoms with Crippen molar-refractivity contribution in [2.45, 2.75) is 40.7 Å². The number of carbonyl (C=O) groups excluding carboxylic acids is 1. The van der Waals surface area contributed by atoms with Gasteiger partial charge in [-0.25, -0.2) is 0 Å². The van der Waals surface area contributed by atoms with E-state index < -0.39 is 0 Å². The first-order valence-electron chi connectivity index (χ1n) is 7.18. The molecule has 112 valence electrons. The molecule has 4 nitrogen and oxygen atoms in total. The molecule has 0 saturated heterocycles. The van der Waals surface area contributed by atoms with Crippen molar-refractivity contribution < 1.29 is 9.53 Å². The Morgan fingerprint density at radius 2 is 1.95 bits per heavy atom. The molecule has 1 aromatic rings. The average Bonchev–Trinajstić information content (AvgIpc) is 2.37. The van der Waals surface area contributed by atoms with Crippen molar-refractivity contribution >= 4 is 5.91 Å². The highest BCUT2D eigenvalue weighted by molar-refractivity contribution is 5.76. The normalized spacial score (nSPS) is 12.2. The van der Waals surface area contributed by atoms with Crippen LogP contribution in [0.2, 0.25) is 0 Å². The molecular weight excluding hydrogens is 252 g/mol. The number of ether oxygens (including phenoxy) is 1. The molecule has 1 atom stereocenters. The van der Waals surface area contributed by atoms with E-state index in [2.05, 4.69) is 24.4 Å². The van der Waals surface area contributed by atoms with Crippen molar-refractivity contribution in [2.24, 2.45) is 11.7 Å². The van der Waals surface area contributed by atoms with Gasteiger partial charge >= 0.3 is 0 Å². The van der Waals surface area contributed by atoms with Gasteiger partial charge in [-0.3, -0.25) is 4.79 Å². The fraction of sp³-hybridized carbons (Fsp3) is 0.562. The third-order valence-electron chi connectivity index (χ3n) is 3.24. The minimum absolute atomic E-state index is 0.278. The number of benzene rings is 1. The number of hydrogen-bond donors (Lipinski definition) is 2. The standard InChI is InChI=1S/C16H26N2O2/c1-5-6-18-9-14-7-11(2)15(12(3)8-14)20-10-13(4)16(17)19/h7-8,13,18H,5-6,9-10H2,1-4H3,(H2,17,19). The second kappa shape index (κ2) is 7.90. The maximum atomic E-state index is 11.0. The first-order valence-corrected chi connectivity index (χ1v) is 7.18. The zero-order chi connectivity index (χ0) is 15.1. The van der Waals surface area contributed by atoms with Gasteiger partial charge in [-0.2, -0.15) is 0 Å². The van der Waals surface area contributed by atoms with Gasteiger partial charge in [-0.15, -0.1) is 0 Å². The van der Waals surface area contributed by atoms with Crippen LogP contribution in [0.5, 0.6) is 5.75 Å². The third kappa shape index (κ3) is 4.85. The summed E-state index contributed by atoms with van der Waals surface area (Å²) < 4.78 is 5.75. The lowest BCUT2D eigenvalue weighted by molar-refractivity contribution is -0.122. The molecule has 0 fully saturated rings. The molecule has 4 heteroatoms. The van der Waals surface area contributed by atoms with Crippen molar-refractivity contribution in [1.29, 1.82) is 0 Å². The number of nitrogens with two attached hydrogens (primary N) is 1. The quantitative estimate of drug-likeness (QED) is 0.717. The number of primary amides is 1. The molecular formula is C16H26N2O2. The van der Waals surface area contributed by atoms with Gasteiger partial charge in [0.25, 0.3) is 0 Å². The lowest BCUT2D eigenvalue weighted by atomic mass is 10.1. The largest absolute Gasteiger partial charge is 0.492 e. The van der Waals surface area contributed by atoms with E-state index in [9.17, 15) is 4.79 Å². The first-order chi connectivity index (χ1) is 9.45. The fourth-order valence-electron chi connectivity index (χ4n) is 2.07. The Bertz CT molecular complexity index is 435. The molecule has 1 aromatic carbocycles. The lowest BCUT2D eigenvalue weighted by Gasteiger charge is -2.16. The van der Waals surface area contributed by atoms with Crippen LogP contribution in [-0.2, 0) is 11.3 Å². The van der Waals surface area contributed by atoms with E-state index in [1.54, 1.807) is 6.92 Å². The molecule has 0 bridgehead atoms. The Hall–Kier alpha value is -1.55. The average molecular weight is 278 g/mol. The smallest absolute Gasteiger partial charge is 0.223 e. The van der Waals surface area contributed by atoms with Gasteiger partial charge in [0.2, 0.25) is 5.91 Å². The second-order valence-electron chi connectivity index (χ2n) is 5.35. The Labute approximate surface area is 121 Å². The second-order valence-corrected chi connectivity index (χ2v) is 5.35. The van der Waals surface area contributed by atoms with E-state index in [4.69, 9.17) is 10.5 Å². The molecule has 0 aromatic heterocycles. The summed E-state index contributed by atoms with van der Waals surface area (Å²) in [5, 5.41) is 3.39. The van der Waals surface area contributed by atoms with Crippen LogP contribution in [0.25, 0.3) is 0 Å². The molecule has 0 saturated carbocycles. The van der Waals surface area contributed by atoms with Gasteiger partial charge in [0.1, 0.15) is 5.75 Å². The van der Waals surface area contributed by atoms with Crippen LogP contribution < -0.4 is 15.8 Å². The number of aryl methyl sites for hydroxylation is 2. The van der Waals surface area contributed by atoms with Crippen molar-refractivity contribution in [1.82, 2.24) is 5.32 Å². The fourth-order valence-corrected chi connectivity index (χ4v) is 2.07. The van der Waals surface area contributed by atoms with Crippen molar-refractivity contribution in [2.75, 3.05) is 13.2 Å². The van der Waals surface area contributed by atoms with E-state index in [1.807, 2.05) is 13.8 Å². The summed E-state index contributed by atoms with van der Waals surface area (Å²) in [5.74, 6) is 0.248. The molecule has 1 unspecified atom stereocenters. The SMILES string of the molecule is CCCNCc1cc(C)c(OCC(C)C(N)=O)c(C)c1. The number of carbonyl (C=O) groups is 1. The topological polar surface area (TPSA) is 64.3 Å². The Morgan fingerprint density at radius 3 is 2.45 bits per heavy atom. The summed E-state index contributed by atoms with van der Waals surface area (Å²) in [6.07, 6.45) is 1.13. The molecule has 1 amide bonds. The summed E-state index contributed by atoms with van der Waals surface area (Å²) in [6, 6.07) is 4.25. The van der Waals surface area contributed by atoms with Crippen molar-refractivity contribution in [3.8, 4) is 5.75 Å². The van der Waals surface area contributed by atoms with Crippen LogP contribution in [0.15, 0.2) is 12.1 Å². The maximum Gasteiger partial charge on any atom is 0.223 e. The summed E-state index contributed by atoms with van der Waals surface area (Å²) in [7, 11) is 0. The number of hydrogen-bond acceptors (Lipinski definition) is 3. The molecule has 0 radical (unpaired) electrons. The van der Waals surface area contributed by atoms with Crippen LogP contribution in [0, 0.1) is 19.8 Å². The molecule has 0 aliphatic carbocycles. The minimum Gasteiger partial charge on any atom is -0.492 e. The highest BCUT2D eigenvalue weighted by atomic mass is 16.5. The van der Waals surface area contributed by atoms with Crippen molar-refractivity contribution in [3.63, 3.8) is 0 Å². The predicted octanol–water partition coefficient (Wildman–Crippen LogP) is 2.30. The van der Waals surface area contributed by atoms with E-state index in [0.717, 1.165) is 36.4 Å². The van der Waals surface area contributed by atoms with Crippen LogP contribution in [-0.4, -0.2) is 19.1 Å². The molecule has 0 aliphatic rings. The van der Waals surface area contributed by atoms with Gasteiger partial charge in [-0.05, 0) is 43.5 Å². The van der Waals surface area contributed by atoms with Crippen LogP contribution >= 0.6 is 0 Å². The van der Waals surface area contributed by atoms with Gasteiger partial charge < -0.3 is 15.8 Å². The van der Waals surface area contributed by atoms with E-state index >= 15 is 0 Å². The Kier molecular flexibility index (Phi) is 6.52.